The Morgan fingerprint density at radius 1 is 1.17 bits per heavy atom. The predicted octanol–water partition coefficient (Wildman–Crippen LogP) is 2.24. The molecule has 0 bridgehead atoms. The van der Waals surface area contributed by atoms with E-state index < -0.39 is 11.7 Å². The van der Waals surface area contributed by atoms with Crippen LogP contribution in [-0.2, 0) is 6.18 Å². The number of halogens is 3. The Balaban J connectivity index is 2.17. The summed E-state index contributed by atoms with van der Waals surface area (Å²) in [5.74, 6) is 0.417. The summed E-state index contributed by atoms with van der Waals surface area (Å²) in [6.45, 7) is 3.27. The van der Waals surface area contributed by atoms with Gasteiger partial charge in [-0.1, -0.05) is 0 Å². The van der Waals surface area contributed by atoms with Crippen molar-refractivity contribution in [2.24, 2.45) is 0 Å². The maximum Gasteiger partial charge on any atom is 0.416 e. The number of pyridine rings is 1. The second kappa shape index (κ2) is 5.14. The first-order valence-corrected chi connectivity index (χ1v) is 5.93. The Bertz CT molecular complexity index is 406. The highest BCUT2D eigenvalue weighted by Crippen LogP contribution is 2.30. The van der Waals surface area contributed by atoms with Crippen molar-refractivity contribution >= 4 is 5.82 Å². The number of nitrogens with zero attached hydrogens (tertiary/aromatic N) is 3. The lowest BCUT2D eigenvalue weighted by atomic mass is 10.2. The molecular formula is C12H16F3N3. The molecule has 100 valence electrons. The Morgan fingerprint density at radius 2 is 1.94 bits per heavy atom. The first kappa shape index (κ1) is 13.1. The predicted molar refractivity (Wildman–Crippen MR) is 63.6 cm³/mol. The van der Waals surface area contributed by atoms with Gasteiger partial charge >= 0.3 is 6.18 Å². The molecule has 1 saturated heterocycles. The second-order valence-electron chi connectivity index (χ2n) is 4.54. The van der Waals surface area contributed by atoms with Crippen molar-refractivity contribution in [1.82, 2.24) is 9.88 Å². The van der Waals surface area contributed by atoms with E-state index in [2.05, 4.69) is 9.88 Å². The van der Waals surface area contributed by atoms with E-state index in [0.717, 1.165) is 38.2 Å². The largest absolute Gasteiger partial charge is 0.416 e. The summed E-state index contributed by atoms with van der Waals surface area (Å²) in [5.41, 5.74) is -0.634. The molecule has 0 amide bonds. The fraction of sp³-hybridized carbons (Fsp3) is 0.583. The molecule has 0 N–H and O–H groups in total. The zero-order chi connectivity index (χ0) is 13.2. The highest BCUT2D eigenvalue weighted by molar-refractivity contribution is 5.42. The van der Waals surface area contributed by atoms with Crippen molar-refractivity contribution in [2.75, 3.05) is 38.1 Å². The Hall–Kier alpha value is -1.30. The molecule has 3 nitrogen and oxygen atoms in total. The number of anilines is 1. The van der Waals surface area contributed by atoms with Gasteiger partial charge in [0.2, 0.25) is 0 Å². The molecule has 18 heavy (non-hydrogen) atoms. The van der Waals surface area contributed by atoms with E-state index in [1.165, 1.54) is 6.20 Å². The van der Waals surface area contributed by atoms with Crippen molar-refractivity contribution in [1.29, 1.82) is 0 Å². The summed E-state index contributed by atoms with van der Waals surface area (Å²) in [6.07, 6.45) is -2.14. The lowest BCUT2D eigenvalue weighted by molar-refractivity contribution is -0.137. The third-order valence-electron chi connectivity index (χ3n) is 3.12. The van der Waals surface area contributed by atoms with Crippen LogP contribution in [0.4, 0.5) is 19.0 Å². The van der Waals surface area contributed by atoms with E-state index in [9.17, 15) is 13.2 Å². The van der Waals surface area contributed by atoms with Crippen LogP contribution >= 0.6 is 0 Å². The average Bonchev–Trinajstić information content (AvgIpc) is 2.53. The van der Waals surface area contributed by atoms with Crippen LogP contribution in [0.3, 0.4) is 0 Å². The maximum atomic E-state index is 12.6. The number of rotatable bonds is 1. The van der Waals surface area contributed by atoms with E-state index in [0.29, 0.717) is 12.4 Å². The number of aromatic nitrogens is 1. The monoisotopic (exact) mass is 259 g/mol. The first-order chi connectivity index (χ1) is 8.47. The Kier molecular flexibility index (Phi) is 3.75. The number of alkyl halides is 3. The van der Waals surface area contributed by atoms with Gasteiger partial charge in [0, 0.05) is 25.8 Å². The molecule has 1 fully saturated rings. The van der Waals surface area contributed by atoms with Crippen LogP contribution in [0.25, 0.3) is 0 Å². The average molecular weight is 259 g/mol. The fourth-order valence-corrected chi connectivity index (χ4v) is 2.04. The van der Waals surface area contributed by atoms with E-state index >= 15 is 0 Å². The maximum absolute atomic E-state index is 12.6. The van der Waals surface area contributed by atoms with E-state index in [4.69, 9.17) is 0 Å². The van der Waals surface area contributed by atoms with Gasteiger partial charge in [-0.05, 0) is 32.1 Å². The highest BCUT2D eigenvalue weighted by Gasteiger charge is 2.31. The third-order valence-corrected chi connectivity index (χ3v) is 3.12. The molecule has 2 rings (SSSR count). The van der Waals surface area contributed by atoms with Crippen LogP contribution in [-0.4, -0.2) is 43.1 Å². The van der Waals surface area contributed by atoms with Crippen molar-refractivity contribution < 1.29 is 13.2 Å². The molecule has 1 aromatic heterocycles. The zero-order valence-electron chi connectivity index (χ0n) is 10.2. The summed E-state index contributed by atoms with van der Waals surface area (Å²) in [6, 6.07) is 2.14. The van der Waals surface area contributed by atoms with Crippen molar-refractivity contribution in [3.8, 4) is 0 Å². The lowest BCUT2D eigenvalue weighted by Crippen LogP contribution is -2.29. The molecule has 0 aromatic carbocycles. The van der Waals surface area contributed by atoms with Crippen molar-refractivity contribution in [3.05, 3.63) is 23.9 Å². The summed E-state index contributed by atoms with van der Waals surface area (Å²) >= 11 is 0. The van der Waals surface area contributed by atoms with Gasteiger partial charge in [-0.2, -0.15) is 13.2 Å². The minimum atomic E-state index is -4.31. The standard InChI is InChI=1S/C12H16F3N3/c1-17-5-2-6-18(8-7-17)11-9-10(3-4-16-11)12(13,14)15/h3-4,9H,2,5-8H2,1H3. The topological polar surface area (TPSA) is 19.4 Å². The second-order valence-corrected chi connectivity index (χ2v) is 4.54. The molecule has 1 aromatic rings. The van der Waals surface area contributed by atoms with Gasteiger partial charge in [-0.15, -0.1) is 0 Å². The molecule has 0 unspecified atom stereocenters. The molecule has 0 aliphatic carbocycles. The highest BCUT2D eigenvalue weighted by atomic mass is 19.4. The van der Waals surface area contributed by atoms with Crippen molar-refractivity contribution in [3.63, 3.8) is 0 Å². The quantitative estimate of drug-likeness (QED) is 0.771. The molecule has 2 heterocycles. The molecule has 1 aliphatic rings. The van der Waals surface area contributed by atoms with Gasteiger partial charge in [-0.3, -0.25) is 0 Å². The molecule has 1 aliphatic heterocycles. The SMILES string of the molecule is CN1CCCN(c2cc(C(F)(F)F)ccn2)CC1. The Morgan fingerprint density at radius 3 is 2.67 bits per heavy atom. The lowest BCUT2D eigenvalue weighted by Gasteiger charge is -2.22. The normalized spacial score (nSPS) is 18.8. The van der Waals surface area contributed by atoms with Gasteiger partial charge in [-0.25, -0.2) is 4.98 Å². The van der Waals surface area contributed by atoms with E-state index in [1.807, 2.05) is 11.9 Å². The van der Waals surface area contributed by atoms with E-state index in [1.54, 1.807) is 0 Å². The van der Waals surface area contributed by atoms with Gasteiger partial charge in [0.05, 0.1) is 5.56 Å². The molecule has 0 radical (unpaired) electrons. The van der Waals surface area contributed by atoms with E-state index in [-0.39, 0.29) is 0 Å². The smallest absolute Gasteiger partial charge is 0.355 e. The van der Waals surface area contributed by atoms with Crippen LogP contribution in [0.15, 0.2) is 18.3 Å². The number of hydrogen-bond acceptors (Lipinski definition) is 3. The third kappa shape index (κ3) is 3.13. The van der Waals surface area contributed by atoms with Gasteiger partial charge < -0.3 is 9.80 Å². The minimum Gasteiger partial charge on any atom is -0.355 e. The van der Waals surface area contributed by atoms with Crippen LogP contribution in [0, 0.1) is 0 Å². The summed E-state index contributed by atoms with van der Waals surface area (Å²) < 4.78 is 37.9. The molecule has 0 atom stereocenters. The fourth-order valence-electron chi connectivity index (χ4n) is 2.04. The molecule has 0 spiro atoms. The molecule has 0 saturated carbocycles. The van der Waals surface area contributed by atoms with Crippen LogP contribution in [0.2, 0.25) is 0 Å². The van der Waals surface area contributed by atoms with Gasteiger partial charge in [0.25, 0.3) is 0 Å². The zero-order valence-corrected chi connectivity index (χ0v) is 10.2. The number of likely N-dealkylation sites (N-methyl/N-ethyl adjacent to an activating group) is 1. The van der Waals surface area contributed by atoms with Gasteiger partial charge in [0.1, 0.15) is 5.82 Å². The van der Waals surface area contributed by atoms with Crippen LogP contribution in [0.1, 0.15) is 12.0 Å². The van der Waals surface area contributed by atoms with Crippen LogP contribution in [0.5, 0.6) is 0 Å². The number of hydrogen-bond donors (Lipinski definition) is 0. The first-order valence-electron chi connectivity index (χ1n) is 5.93. The summed E-state index contributed by atoms with van der Waals surface area (Å²) in [5, 5.41) is 0. The minimum absolute atomic E-state index is 0.417. The summed E-state index contributed by atoms with van der Waals surface area (Å²) in [4.78, 5) is 8.14. The van der Waals surface area contributed by atoms with Crippen LogP contribution < -0.4 is 4.90 Å². The molecule has 6 heteroatoms. The molecular weight excluding hydrogens is 243 g/mol. The van der Waals surface area contributed by atoms with Crippen molar-refractivity contribution in [2.45, 2.75) is 12.6 Å². The summed E-state index contributed by atoms with van der Waals surface area (Å²) in [7, 11) is 2.02. The van der Waals surface area contributed by atoms with Gasteiger partial charge in [0.15, 0.2) is 0 Å². The Labute approximate surface area is 104 Å².